The summed E-state index contributed by atoms with van der Waals surface area (Å²) >= 11 is 0. The second-order valence-electron chi connectivity index (χ2n) is 4.04. The quantitative estimate of drug-likeness (QED) is 0.732. The van der Waals surface area contributed by atoms with Crippen LogP contribution in [0.3, 0.4) is 0 Å². The number of alkyl halides is 1. The highest BCUT2D eigenvalue weighted by Gasteiger charge is 2.36. The van der Waals surface area contributed by atoms with Gasteiger partial charge in [0.25, 0.3) is 5.56 Å². The van der Waals surface area contributed by atoms with Crippen LogP contribution in [0.25, 0.3) is 0 Å². The lowest BCUT2D eigenvalue weighted by Crippen LogP contribution is -2.33. The number of aromatic nitrogens is 2. The average molecular weight is 244 g/mol. The second kappa shape index (κ2) is 4.42. The molecule has 3 atom stereocenters. The van der Waals surface area contributed by atoms with E-state index in [9.17, 15) is 14.0 Å². The minimum atomic E-state index is -1.32. The van der Waals surface area contributed by atoms with Gasteiger partial charge in [-0.15, -0.1) is 0 Å². The highest BCUT2D eigenvalue weighted by molar-refractivity contribution is 5.02. The van der Waals surface area contributed by atoms with Crippen molar-refractivity contribution in [1.82, 2.24) is 9.55 Å². The van der Waals surface area contributed by atoms with Gasteiger partial charge < -0.3 is 9.84 Å². The van der Waals surface area contributed by atoms with E-state index >= 15 is 0 Å². The lowest BCUT2D eigenvalue weighted by Gasteiger charge is -2.14. The smallest absolute Gasteiger partial charge is 0.330 e. The van der Waals surface area contributed by atoms with E-state index in [1.807, 2.05) is 0 Å². The van der Waals surface area contributed by atoms with Crippen LogP contribution in [-0.2, 0) is 4.74 Å². The van der Waals surface area contributed by atoms with E-state index in [0.29, 0.717) is 5.56 Å². The summed E-state index contributed by atoms with van der Waals surface area (Å²) in [6.45, 7) is 1.11. The lowest BCUT2D eigenvalue weighted by molar-refractivity contribution is -0.0356. The predicted molar refractivity (Wildman–Crippen MR) is 56.6 cm³/mol. The maximum atomic E-state index is 13.4. The number of nitrogens with one attached hydrogen (secondary N) is 1. The Hall–Kier alpha value is -1.47. The van der Waals surface area contributed by atoms with E-state index in [1.54, 1.807) is 6.92 Å². The zero-order valence-corrected chi connectivity index (χ0v) is 9.22. The summed E-state index contributed by atoms with van der Waals surface area (Å²) < 4.78 is 19.7. The normalized spacial score (nSPS) is 28.5. The molecule has 94 valence electrons. The van der Waals surface area contributed by atoms with Crippen molar-refractivity contribution in [2.45, 2.75) is 31.8 Å². The molecule has 6 nitrogen and oxygen atoms in total. The molecule has 2 heterocycles. The summed E-state index contributed by atoms with van der Waals surface area (Å²) in [5.74, 6) is 0. The zero-order valence-electron chi connectivity index (χ0n) is 9.22. The van der Waals surface area contributed by atoms with E-state index in [2.05, 4.69) is 4.98 Å². The van der Waals surface area contributed by atoms with E-state index in [4.69, 9.17) is 9.84 Å². The highest BCUT2D eigenvalue weighted by Crippen LogP contribution is 2.29. The first-order valence-corrected chi connectivity index (χ1v) is 5.25. The molecule has 0 saturated carbocycles. The largest absolute Gasteiger partial charge is 0.394 e. The fraction of sp³-hybridized carbons (Fsp3) is 0.600. The molecule has 1 fully saturated rings. The molecule has 1 aliphatic rings. The zero-order chi connectivity index (χ0) is 12.6. The van der Waals surface area contributed by atoms with E-state index < -0.39 is 36.4 Å². The summed E-state index contributed by atoms with van der Waals surface area (Å²) in [7, 11) is 0. The number of hydrogen-bond donors (Lipinski definition) is 2. The standard InChI is InChI=1S/C10H13FN2O4/c1-5-3-13(10(16)12-9(5)15)8-2-6(11)7(4-14)17-8/h3,6-8,14H,2,4H2,1H3,(H,12,15,16)/t6-,7-,8+/m0/s1. The van der Waals surface area contributed by atoms with Crippen LogP contribution in [0, 0.1) is 6.92 Å². The number of halogens is 1. The first-order valence-electron chi connectivity index (χ1n) is 5.25. The third-order valence-electron chi connectivity index (χ3n) is 2.80. The van der Waals surface area contributed by atoms with Gasteiger partial charge in [0.15, 0.2) is 0 Å². The molecule has 1 saturated heterocycles. The minimum Gasteiger partial charge on any atom is -0.394 e. The Bertz CT molecular complexity index is 524. The molecule has 1 aliphatic heterocycles. The fourth-order valence-corrected chi connectivity index (χ4v) is 1.82. The van der Waals surface area contributed by atoms with Crippen LogP contribution in [0.5, 0.6) is 0 Å². The summed E-state index contributed by atoms with van der Waals surface area (Å²) in [6.07, 6.45) is -1.71. The van der Waals surface area contributed by atoms with Gasteiger partial charge in [-0.05, 0) is 6.92 Å². The molecule has 0 spiro atoms. The van der Waals surface area contributed by atoms with Crippen LogP contribution in [0.2, 0.25) is 0 Å². The van der Waals surface area contributed by atoms with Gasteiger partial charge in [-0.1, -0.05) is 0 Å². The van der Waals surface area contributed by atoms with E-state index in [0.717, 1.165) is 4.57 Å². The number of nitrogens with zero attached hydrogens (tertiary/aromatic N) is 1. The SMILES string of the molecule is Cc1cn([C@H]2C[C@H](F)[C@H](CO)O2)c(=O)[nH]c1=O. The second-order valence-corrected chi connectivity index (χ2v) is 4.04. The maximum Gasteiger partial charge on any atom is 0.330 e. The van der Waals surface area contributed by atoms with Crippen LogP contribution in [-0.4, -0.2) is 33.5 Å². The van der Waals surface area contributed by atoms with Crippen LogP contribution in [0.1, 0.15) is 18.2 Å². The number of aliphatic hydroxyl groups is 1. The molecular weight excluding hydrogens is 231 g/mol. The topological polar surface area (TPSA) is 84.3 Å². The Morgan fingerprint density at radius 3 is 2.94 bits per heavy atom. The molecule has 17 heavy (non-hydrogen) atoms. The summed E-state index contributed by atoms with van der Waals surface area (Å²) in [6, 6.07) is 0. The van der Waals surface area contributed by atoms with Crippen molar-refractivity contribution in [2.75, 3.05) is 6.61 Å². The third kappa shape index (κ3) is 2.16. The van der Waals surface area contributed by atoms with E-state index in [1.165, 1.54) is 6.20 Å². The van der Waals surface area contributed by atoms with Crippen LogP contribution < -0.4 is 11.2 Å². The van der Waals surface area contributed by atoms with Gasteiger partial charge in [0, 0.05) is 18.2 Å². The predicted octanol–water partition coefficient (Wildman–Crippen LogP) is -0.537. The van der Waals surface area contributed by atoms with Gasteiger partial charge in [0.2, 0.25) is 0 Å². The number of rotatable bonds is 2. The van der Waals surface area contributed by atoms with Crippen LogP contribution in [0.4, 0.5) is 4.39 Å². The van der Waals surface area contributed by atoms with Gasteiger partial charge in [0.1, 0.15) is 18.5 Å². The van der Waals surface area contributed by atoms with Crippen molar-refractivity contribution in [3.8, 4) is 0 Å². The molecular formula is C10H13FN2O4. The van der Waals surface area contributed by atoms with Crippen LogP contribution >= 0.6 is 0 Å². The van der Waals surface area contributed by atoms with Crippen molar-refractivity contribution in [1.29, 1.82) is 0 Å². The molecule has 0 bridgehead atoms. The molecule has 0 amide bonds. The molecule has 0 radical (unpaired) electrons. The Labute approximate surface area is 95.7 Å². The first-order chi connectivity index (χ1) is 8.02. The summed E-state index contributed by atoms with van der Waals surface area (Å²) in [4.78, 5) is 24.8. The monoisotopic (exact) mass is 244 g/mol. The van der Waals surface area contributed by atoms with Gasteiger partial charge >= 0.3 is 5.69 Å². The van der Waals surface area contributed by atoms with Gasteiger partial charge in [0.05, 0.1) is 6.61 Å². The Morgan fingerprint density at radius 2 is 2.35 bits per heavy atom. The first kappa shape index (κ1) is 12.0. The Morgan fingerprint density at radius 1 is 1.65 bits per heavy atom. The Balaban J connectivity index is 2.34. The molecule has 1 aromatic heterocycles. The van der Waals surface area contributed by atoms with E-state index in [-0.39, 0.29) is 6.42 Å². The fourth-order valence-electron chi connectivity index (χ4n) is 1.82. The van der Waals surface area contributed by atoms with Gasteiger partial charge in [-0.25, -0.2) is 9.18 Å². The number of aromatic amines is 1. The van der Waals surface area contributed by atoms with Gasteiger partial charge in [-0.3, -0.25) is 14.3 Å². The van der Waals surface area contributed by atoms with Crippen LogP contribution in [0.15, 0.2) is 15.8 Å². The van der Waals surface area contributed by atoms with Crippen molar-refractivity contribution >= 4 is 0 Å². The molecule has 2 N–H and O–H groups in total. The average Bonchev–Trinajstić information content (AvgIpc) is 2.65. The van der Waals surface area contributed by atoms with Gasteiger partial charge in [-0.2, -0.15) is 0 Å². The lowest BCUT2D eigenvalue weighted by atomic mass is 10.2. The summed E-state index contributed by atoms with van der Waals surface area (Å²) in [5.41, 5.74) is -0.771. The third-order valence-corrected chi connectivity index (χ3v) is 2.80. The molecule has 7 heteroatoms. The molecule has 2 rings (SSSR count). The molecule has 0 aromatic carbocycles. The molecule has 0 unspecified atom stereocenters. The molecule has 0 aliphatic carbocycles. The molecule has 1 aromatic rings. The van der Waals surface area contributed by atoms with Crippen molar-refractivity contribution < 1.29 is 14.2 Å². The van der Waals surface area contributed by atoms with Crippen molar-refractivity contribution in [2.24, 2.45) is 0 Å². The number of hydrogen-bond acceptors (Lipinski definition) is 4. The summed E-state index contributed by atoms with van der Waals surface area (Å²) in [5, 5.41) is 8.86. The highest BCUT2D eigenvalue weighted by atomic mass is 19.1. The minimum absolute atomic E-state index is 0.0172. The Kier molecular flexibility index (Phi) is 3.12. The number of ether oxygens (including phenoxy) is 1. The van der Waals surface area contributed by atoms with Crippen molar-refractivity contribution in [3.05, 3.63) is 32.6 Å². The maximum absolute atomic E-state index is 13.4. The number of aryl methyl sites for hydroxylation is 1. The van der Waals surface area contributed by atoms with Crippen molar-refractivity contribution in [3.63, 3.8) is 0 Å². The number of H-pyrrole nitrogens is 1. The number of aliphatic hydroxyl groups excluding tert-OH is 1.